The van der Waals surface area contributed by atoms with Crippen LogP contribution in [-0.2, 0) is 24.3 Å². The number of halogens is 5. The zero-order chi connectivity index (χ0) is 29.5. The molecule has 3 atom stereocenters. The van der Waals surface area contributed by atoms with Crippen LogP contribution in [0.4, 0.5) is 22.0 Å². The topological polar surface area (TPSA) is 85.8 Å². The zero-order valence-electron chi connectivity index (χ0n) is 22.5. The number of aromatic nitrogens is 3. The van der Waals surface area contributed by atoms with Crippen LogP contribution in [0.25, 0.3) is 11.1 Å². The fourth-order valence-electron chi connectivity index (χ4n) is 6.53. The molecule has 218 valence electrons. The van der Waals surface area contributed by atoms with E-state index in [1.54, 1.807) is 24.3 Å². The number of amides is 1. The highest BCUT2D eigenvalue weighted by atomic mass is 19.3. The Morgan fingerprint density at radius 3 is 2.52 bits per heavy atom. The fourth-order valence-corrected chi connectivity index (χ4v) is 6.53. The van der Waals surface area contributed by atoms with E-state index in [4.69, 9.17) is 5.73 Å². The molecular formula is C31H28F5N5O. The average molecular weight is 582 g/mol. The molecule has 0 radical (unpaired) electrons. The van der Waals surface area contributed by atoms with Crippen LogP contribution in [-0.4, -0.2) is 20.7 Å². The second kappa shape index (κ2) is 11.3. The monoisotopic (exact) mass is 581 g/mol. The molecule has 4 aromatic rings. The van der Waals surface area contributed by atoms with E-state index in [1.165, 1.54) is 29.1 Å². The summed E-state index contributed by atoms with van der Waals surface area (Å²) < 4.78 is 71.5. The summed E-state index contributed by atoms with van der Waals surface area (Å²) in [5.41, 5.74) is 8.79. The molecule has 6 rings (SSSR count). The first kappa shape index (κ1) is 28.0. The molecule has 1 amide bonds. The number of nitrogens with two attached hydrogens (primary N) is 1. The van der Waals surface area contributed by atoms with Crippen molar-refractivity contribution in [2.75, 3.05) is 0 Å². The molecule has 0 spiro atoms. The molecule has 3 N–H and O–H groups in total. The molecule has 1 fully saturated rings. The highest BCUT2D eigenvalue weighted by molar-refractivity contribution is 5.77. The van der Waals surface area contributed by atoms with Crippen LogP contribution in [0, 0.1) is 17.5 Å². The maximum Gasteiger partial charge on any atom is 0.282 e. The van der Waals surface area contributed by atoms with E-state index in [-0.39, 0.29) is 48.2 Å². The molecule has 0 aliphatic heterocycles. The first-order valence-electron chi connectivity index (χ1n) is 13.8. The Labute approximate surface area is 238 Å². The lowest BCUT2D eigenvalue weighted by Gasteiger charge is -2.22. The van der Waals surface area contributed by atoms with Crippen molar-refractivity contribution in [1.82, 2.24) is 20.1 Å². The lowest BCUT2D eigenvalue weighted by atomic mass is 9.94. The van der Waals surface area contributed by atoms with Gasteiger partial charge in [-0.05, 0) is 73.1 Å². The minimum Gasteiger partial charge on any atom is -0.346 e. The quantitative estimate of drug-likeness (QED) is 0.230. The summed E-state index contributed by atoms with van der Waals surface area (Å²) in [7, 11) is 0. The Hall–Kier alpha value is -4.12. The van der Waals surface area contributed by atoms with Gasteiger partial charge in [-0.1, -0.05) is 12.1 Å². The molecule has 2 heterocycles. The second-order valence-electron chi connectivity index (χ2n) is 10.9. The molecule has 0 saturated heterocycles. The number of hydrogen-bond donors (Lipinski definition) is 2. The van der Waals surface area contributed by atoms with Gasteiger partial charge in [-0.15, -0.1) is 0 Å². The van der Waals surface area contributed by atoms with Crippen molar-refractivity contribution in [3.8, 4) is 11.1 Å². The average Bonchev–Trinajstić information content (AvgIpc) is 3.67. The number of benzene rings is 2. The van der Waals surface area contributed by atoms with Crippen LogP contribution in [0.3, 0.4) is 0 Å². The Bertz CT molecular complexity index is 1630. The number of hydrogen-bond acceptors (Lipinski definition) is 4. The third kappa shape index (κ3) is 5.29. The summed E-state index contributed by atoms with van der Waals surface area (Å²) in [4.78, 5) is 18.0. The largest absolute Gasteiger partial charge is 0.346 e. The van der Waals surface area contributed by atoms with Gasteiger partial charge < -0.3 is 11.1 Å². The van der Waals surface area contributed by atoms with E-state index in [2.05, 4.69) is 15.4 Å². The van der Waals surface area contributed by atoms with E-state index < -0.39 is 35.8 Å². The van der Waals surface area contributed by atoms with Crippen LogP contribution >= 0.6 is 0 Å². The van der Waals surface area contributed by atoms with Gasteiger partial charge in [0.05, 0.1) is 11.7 Å². The number of nitrogens with one attached hydrogen (secondary N) is 1. The van der Waals surface area contributed by atoms with E-state index in [0.29, 0.717) is 28.1 Å². The maximum atomic E-state index is 14.2. The van der Waals surface area contributed by atoms with Crippen LogP contribution in [0.15, 0.2) is 54.7 Å². The molecule has 2 unspecified atom stereocenters. The molecule has 2 aromatic heterocycles. The molecule has 2 aliphatic rings. The van der Waals surface area contributed by atoms with E-state index in [1.807, 2.05) is 0 Å². The van der Waals surface area contributed by atoms with Gasteiger partial charge in [0, 0.05) is 47.1 Å². The van der Waals surface area contributed by atoms with Crippen molar-refractivity contribution in [2.45, 2.75) is 63.1 Å². The van der Waals surface area contributed by atoms with Crippen molar-refractivity contribution >= 4 is 5.91 Å². The van der Waals surface area contributed by atoms with Crippen LogP contribution in [0.5, 0.6) is 0 Å². The van der Waals surface area contributed by atoms with Gasteiger partial charge in [-0.2, -0.15) is 5.10 Å². The number of alkyl halides is 2. The fraction of sp³-hybridized carbons (Fsp3) is 0.323. The van der Waals surface area contributed by atoms with Gasteiger partial charge in [0.1, 0.15) is 29.7 Å². The number of fused-ring (bicyclic) bond motifs is 5. The first-order valence-corrected chi connectivity index (χ1v) is 13.8. The Balaban J connectivity index is 1.35. The van der Waals surface area contributed by atoms with E-state index in [9.17, 15) is 26.7 Å². The van der Waals surface area contributed by atoms with Crippen molar-refractivity contribution in [3.63, 3.8) is 0 Å². The number of carbonyl (C=O) groups is 1. The van der Waals surface area contributed by atoms with Crippen molar-refractivity contribution in [3.05, 3.63) is 106 Å². The van der Waals surface area contributed by atoms with Gasteiger partial charge >= 0.3 is 0 Å². The Morgan fingerprint density at radius 2 is 1.79 bits per heavy atom. The summed E-state index contributed by atoms with van der Waals surface area (Å²) in [5.74, 6) is -2.42. The highest BCUT2D eigenvalue weighted by Gasteiger charge is 2.44. The molecule has 6 nitrogen and oxygen atoms in total. The number of pyridine rings is 1. The van der Waals surface area contributed by atoms with Gasteiger partial charge in [0.25, 0.3) is 6.43 Å². The number of carbonyl (C=O) groups excluding carboxylic acids is 1. The smallest absolute Gasteiger partial charge is 0.282 e. The Kier molecular flexibility index (Phi) is 7.53. The van der Waals surface area contributed by atoms with Crippen LogP contribution in [0.2, 0.25) is 0 Å². The molecule has 2 bridgehead atoms. The summed E-state index contributed by atoms with van der Waals surface area (Å²) in [6, 6.07) is 10.1. The standard InChI is InChI=1S/C31H28F5N5O/c32-21-8-16(9-22(33)13-21)10-25(28-23(2-1-7-38-28)17-5-6-24(34)20(11-17)14-37)39-26(42)15-41-30-19-4-3-18(12-19)27(30)29(40-41)31(35)36/h1-2,5-9,11,13,18-19,25,31H,3-4,10,12,14-15,37H2,(H,39,42)/t18?,19?,25-/m0/s1. The van der Waals surface area contributed by atoms with Gasteiger partial charge in [-0.3, -0.25) is 14.5 Å². The summed E-state index contributed by atoms with van der Waals surface area (Å²) >= 11 is 0. The third-order valence-electron chi connectivity index (χ3n) is 8.23. The summed E-state index contributed by atoms with van der Waals surface area (Å²) in [6.07, 6.45) is 1.22. The lowest BCUT2D eigenvalue weighted by molar-refractivity contribution is -0.122. The minimum atomic E-state index is -2.75. The van der Waals surface area contributed by atoms with E-state index >= 15 is 0 Å². The van der Waals surface area contributed by atoms with Crippen molar-refractivity contribution < 1.29 is 26.7 Å². The number of rotatable bonds is 9. The minimum absolute atomic E-state index is 0.0282. The van der Waals surface area contributed by atoms with Crippen molar-refractivity contribution in [1.29, 1.82) is 0 Å². The lowest BCUT2D eigenvalue weighted by Crippen LogP contribution is -2.34. The zero-order valence-corrected chi connectivity index (χ0v) is 22.5. The predicted octanol–water partition coefficient (Wildman–Crippen LogP) is 6.22. The van der Waals surface area contributed by atoms with Crippen LogP contribution in [0.1, 0.15) is 77.3 Å². The second-order valence-corrected chi connectivity index (χ2v) is 10.9. The number of nitrogens with zero attached hydrogens (tertiary/aromatic N) is 3. The van der Waals surface area contributed by atoms with Gasteiger partial charge in [-0.25, -0.2) is 22.0 Å². The maximum absolute atomic E-state index is 14.2. The third-order valence-corrected chi connectivity index (χ3v) is 8.23. The molecule has 42 heavy (non-hydrogen) atoms. The van der Waals surface area contributed by atoms with Gasteiger partial charge in [0.15, 0.2) is 0 Å². The van der Waals surface area contributed by atoms with Gasteiger partial charge in [0.2, 0.25) is 5.91 Å². The molecule has 1 saturated carbocycles. The normalized spacial score (nSPS) is 18.0. The SMILES string of the molecule is NCc1cc(-c2cccnc2[C@H](Cc2cc(F)cc(F)c2)NC(=O)Cn2nc(C(F)F)c3c2C2CCC3C2)ccc1F. The molecule has 2 aliphatic carbocycles. The molecule has 11 heteroatoms. The molecule has 2 aromatic carbocycles. The predicted molar refractivity (Wildman–Crippen MR) is 145 cm³/mol. The molecular weight excluding hydrogens is 553 g/mol. The van der Waals surface area contributed by atoms with Crippen LogP contribution < -0.4 is 11.1 Å². The summed E-state index contributed by atoms with van der Waals surface area (Å²) in [6.45, 7) is -0.336. The Morgan fingerprint density at radius 1 is 1.02 bits per heavy atom. The first-order chi connectivity index (χ1) is 20.2. The highest BCUT2D eigenvalue weighted by Crippen LogP contribution is 2.55. The van der Waals surface area contributed by atoms with Crippen molar-refractivity contribution in [2.24, 2.45) is 5.73 Å². The van der Waals surface area contributed by atoms with E-state index in [0.717, 1.165) is 25.3 Å². The summed E-state index contributed by atoms with van der Waals surface area (Å²) in [5, 5.41) is 7.04.